The number of aromatic hydroxyl groups is 1. The monoisotopic (exact) mass is 219 g/mol. The third-order valence-electron chi connectivity index (χ3n) is 1.73. The molecule has 0 bridgehead atoms. The molecule has 1 N–H and O–H groups in total. The number of phenolic OH excluding ortho intramolecular Hbond substituents is 1. The fraction of sp³-hybridized carbons (Fsp3) is 0.182. The van der Waals surface area contributed by atoms with Crippen LogP contribution in [0.5, 0.6) is 11.5 Å². The fourth-order valence-corrected chi connectivity index (χ4v) is 1.14. The molecule has 0 saturated carbocycles. The first kappa shape index (κ1) is 11.3. The molecule has 0 amide bonds. The number of methoxy groups -OCH3 is 1. The zero-order chi connectivity index (χ0) is 11.3. The van der Waals surface area contributed by atoms with E-state index < -0.39 is 0 Å². The number of rotatable bonds is 1. The van der Waals surface area contributed by atoms with E-state index in [1.807, 2.05) is 6.07 Å². The van der Waals surface area contributed by atoms with Crippen LogP contribution in [0.4, 0.5) is 0 Å². The number of nitriles is 1. The molecule has 0 aliphatic rings. The van der Waals surface area contributed by atoms with Gasteiger partial charge < -0.3 is 9.84 Å². The Morgan fingerprint density at radius 2 is 2.27 bits per heavy atom. The molecule has 0 saturated heterocycles. The molecule has 0 heterocycles. The van der Waals surface area contributed by atoms with E-state index in [9.17, 15) is 5.11 Å². The average molecular weight is 219 g/mol. The van der Waals surface area contributed by atoms with Crippen LogP contribution in [0.1, 0.15) is 11.1 Å². The third kappa shape index (κ3) is 2.59. The first-order chi connectivity index (χ1) is 7.22. The standard InChI is InChI=1S/C11H9NO2S/c1-14-10-6-8(7-12)5-9(11(10)13)3-2-4-15/h5-6,13,15H,4H2,1H3. The summed E-state index contributed by atoms with van der Waals surface area (Å²) < 4.78 is 4.92. The molecule has 0 unspecified atom stereocenters. The van der Waals surface area contributed by atoms with E-state index in [1.54, 1.807) is 0 Å². The van der Waals surface area contributed by atoms with Gasteiger partial charge in [-0.05, 0) is 6.07 Å². The lowest BCUT2D eigenvalue weighted by molar-refractivity contribution is 0.372. The molecule has 0 aromatic heterocycles. The van der Waals surface area contributed by atoms with Crippen molar-refractivity contribution in [1.29, 1.82) is 5.26 Å². The Balaban J connectivity index is 3.32. The maximum absolute atomic E-state index is 9.67. The average Bonchev–Trinajstić information content (AvgIpc) is 2.27. The molecule has 3 nitrogen and oxygen atoms in total. The van der Waals surface area contributed by atoms with Crippen LogP contribution in [0.3, 0.4) is 0 Å². The highest BCUT2D eigenvalue weighted by molar-refractivity contribution is 7.80. The molecule has 0 aliphatic carbocycles. The lowest BCUT2D eigenvalue weighted by Crippen LogP contribution is -1.89. The summed E-state index contributed by atoms with van der Waals surface area (Å²) in [7, 11) is 1.42. The molecule has 1 aromatic rings. The van der Waals surface area contributed by atoms with Crippen LogP contribution in [-0.2, 0) is 0 Å². The first-order valence-corrected chi connectivity index (χ1v) is 4.77. The van der Waals surface area contributed by atoms with Crippen LogP contribution >= 0.6 is 12.6 Å². The van der Waals surface area contributed by atoms with Crippen molar-refractivity contribution in [2.45, 2.75) is 0 Å². The van der Waals surface area contributed by atoms with E-state index in [2.05, 4.69) is 24.5 Å². The van der Waals surface area contributed by atoms with Crippen molar-refractivity contribution in [3.63, 3.8) is 0 Å². The number of nitrogens with zero attached hydrogens (tertiary/aromatic N) is 1. The highest BCUT2D eigenvalue weighted by Crippen LogP contribution is 2.30. The van der Waals surface area contributed by atoms with Crippen LogP contribution < -0.4 is 4.74 Å². The lowest BCUT2D eigenvalue weighted by atomic mass is 10.1. The van der Waals surface area contributed by atoms with E-state index in [0.29, 0.717) is 16.9 Å². The highest BCUT2D eigenvalue weighted by atomic mass is 32.1. The van der Waals surface area contributed by atoms with Gasteiger partial charge >= 0.3 is 0 Å². The number of thiol groups is 1. The quantitative estimate of drug-likeness (QED) is 0.556. The minimum atomic E-state index is -0.0502. The largest absolute Gasteiger partial charge is 0.503 e. The number of ether oxygens (including phenoxy) is 1. The maximum atomic E-state index is 9.67. The summed E-state index contributed by atoms with van der Waals surface area (Å²) in [6, 6.07) is 4.94. The second-order valence-electron chi connectivity index (χ2n) is 2.65. The van der Waals surface area contributed by atoms with Crippen LogP contribution in [-0.4, -0.2) is 18.0 Å². The topological polar surface area (TPSA) is 53.2 Å². The summed E-state index contributed by atoms with van der Waals surface area (Å²) in [6.07, 6.45) is 0. The Morgan fingerprint density at radius 3 is 2.80 bits per heavy atom. The molecule has 4 heteroatoms. The molecule has 1 rings (SSSR count). The van der Waals surface area contributed by atoms with Crippen LogP contribution in [0.2, 0.25) is 0 Å². The number of benzene rings is 1. The minimum absolute atomic E-state index is 0.0502. The van der Waals surface area contributed by atoms with Crippen LogP contribution in [0.25, 0.3) is 0 Å². The van der Waals surface area contributed by atoms with Gasteiger partial charge in [0.1, 0.15) is 0 Å². The fourth-order valence-electron chi connectivity index (χ4n) is 1.06. The smallest absolute Gasteiger partial charge is 0.173 e. The van der Waals surface area contributed by atoms with Crippen molar-refractivity contribution in [3.8, 4) is 29.4 Å². The maximum Gasteiger partial charge on any atom is 0.173 e. The van der Waals surface area contributed by atoms with Gasteiger partial charge in [0.15, 0.2) is 11.5 Å². The zero-order valence-corrected chi connectivity index (χ0v) is 9.01. The molecular weight excluding hydrogens is 210 g/mol. The molecule has 0 atom stereocenters. The molecular formula is C11H9NO2S. The molecule has 0 spiro atoms. The zero-order valence-electron chi connectivity index (χ0n) is 8.11. The van der Waals surface area contributed by atoms with E-state index in [0.717, 1.165) is 0 Å². The first-order valence-electron chi connectivity index (χ1n) is 4.13. The minimum Gasteiger partial charge on any atom is -0.503 e. The molecule has 0 radical (unpaired) electrons. The van der Waals surface area contributed by atoms with Gasteiger partial charge in [0, 0.05) is 6.07 Å². The summed E-state index contributed by atoms with van der Waals surface area (Å²) in [5.41, 5.74) is 0.771. The highest BCUT2D eigenvalue weighted by Gasteiger charge is 2.08. The summed E-state index contributed by atoms with van der Waals surface area (Å²) in [5.74, 6) is 5.99. The predicted molar refractivity (Wildman–Crippen MR) is 60.1 cm³/mol. The summed E-state index contributed by atoms with van der Waals surface area (Å²) >= 11 is 3.93. The van der Waals surface area contributed by atoms with E-state index >= 15 is 0 Å². The summed E-state index contributed by atoms with van der Waals surface area (Å²) in [6.45, 7) is 0. The third-order valence-corrected chi connectivity index (χ3v) is 1.88. The second-order valence-corrected chi connectivity index (χ2v) is 2.96. The van der Waals surface area contributed by atoms with Gasteiger partial charge in [0.05, 0.1) is 30.1 Å². The molecule has 76 valence electrons. The van der Waals surface area contributed by atoms with Gasteiger partial charge in [0.25, 0.3) is 0 Å². The Labute approximate surface area is 93.7 Å². The van der Waals surface area contributed by atoms with Crippen molar-refractivity contribution >= 4 is 12.6 Å². The van der Waals surface area contributed by atoms with Gasteiger partial charge in [-0.2, -0.15) is 17.9 Å². The van der Waals surface area contributed by atoms with E-state index in [4.69, 9.17) is 10.00 Å². The van der Waals surface area contributed by atoms with Gasteiger partial charge in [-0.25, -0.2) is 0 Å². The Kier molecular flexibility index (Phi) is 3.91. The van der Waals surface area contributed by atoms with Crippen LogP contribution in [0, 0.1) is 23.2 Å². The Hall–Kier alpha value is -1.78. The lowest BCUT2D eigenvalue weighted by Gasteiger charge is -2.05. The van der Waals surface area contributed by atoms with E-state index in [-0.39, 0.29) is 11.5 Å². The normalized spacial score (nSPS) is 8.60. The van der Waals surface area contributed by atoms with Crippen molar-refractivity contribution in [1.82, 2.24) is 0 Å². The van der Waals surface area contributed by atoms with Gasteiger partial charge in [-0.15, -0.1) is 0 Å². The van der Waals surface area contributed by atoms with Crippen molar-refractivity contribution in [2.24, 2.45) is 0 Å². The SMILES string of the molecule is COc1cc(C#N)cc(C#CCS)c1O. The number of hydrogen-bond donors (Lipinski definition) is 2. The molecule has 1 aromatic carbocycles. The Bertz CT molecular complexity index is 466. The molecule has 0 fully saturated rings. The van der Waals surface area contributed by atoms with Crippen molar-refractivity contribution < 1.29 is 9.84 Å². The number of hydrogen-bond acceptors (Lipinski definition) is 4. The van der Waals surface area contributed by atoms with Gasteiger partial charge in [-0.1, -0.05) is 11.8 Å². The van der Waals surface area contributed by atoms with Gasteiger partial charge in [-0.3, -0.25) is 0 Å². The van der Waals surface area contributed by atoms with Crippen molar-refractivity contribution in [3.05, 3.63) is 23.3 Å². The van der Waals surface area contributed by atoms with E-state index in [1.165, 1.54) is 19.2 Å². The second kappa shape index (κ2) is 5.19. The predicted octanol–water partition coefficient (Wildman–Crippen LogP) is 1.55. The van der Waals surface area contributed by atoms with Crippen LogP contribution in [0.15, 0.2) is 12.1 Å². The number of phenols is 1. The van der Waals surface area contributed by atoms with Gasteiger partial charge in [0.2, 0.25) is 0 Å². The molecule has 15 heavy (non-hydrogen) atoms. The molecule has 0 aliphatic heterocycles. The Morgan fingerprint density at radius 1 is 1.53 bits per heavy atom. The van der Waals surface area contributed by atoms with Crippen molar-refractivity contribution in [2.75, 3.05) is 12.9 Å². The summed E-state index contributed by atoms with van der Waals surface area (Å²) in [4.78, 5) is 0. The summed E-state index contributed by atoms with van der Waals surface area (Å²) in [5, 5.41) is 18.4.